The first kappa shape index (κ1) is 14.3. The van der Waals surface area contributed by atoms with Crippen molar-refractivity contribution in [1.82, 2.24) is 4.98 Å². The molecule has 0 radical (unpaired) electrons. The molecule has 0 fully saturated rings. The quantitative estimate of drug-likeness (QED) is 0.641. The van der Waals surface area contributed by atoms with E-state index in [2.05, 4.69) is 10.3 Å². The molecular formula is C13H11N3O5. The predicted molar refractivity (Wildman–Crippen MR) is 74.1 cm³/mol. The van der Waals surface area contributed by atoms with Crippen LogP contribution in [0.1, 0.15) is 10.4 Å². The highest BCUT2D eigenvalue weighted by molar-refractivity contribution is 5.93. The lowest BCUT2D eigenvalue weighted by molar-refractivity contribution is -0.385. The van der Waals surface area contributed by atoms with Crippen LogP contribution in [-0.4, -0.2) is 28.1 Å². The topological polar surface area (TPSA) is 115 Å². The number of nitrogens with zero attached hydrogens (tertiary/aromatic N) is 2. The smallest absolute Gasteiger partial charge is 0.342 e. The van der Waals surface area contributed by atoms with E-state index in [4.69, 9.17) is 9.84 Å². The van der Waals surface area contributed by atoms with E-state index in [1.165, 1.54) is 25.4 Å². The van der Waals surface area contributed by atoms with Crippen molar-refractivity contribution >= 4 is 23.0 Å². The van der Waals surface area contributed by atoms with Gasteiger partial charge in [-0.3, -0.25) is 10.1 Å². The number of anilines is 2. The molecule has 0 bridgehead atoms. The molecule has 8 heteroatoms. The number of carbonyl (C=O) groups is 1. The van der Waals surface area contributed by atoms with Crippen LogP contribution < -0.4 is 10.1 Å². The number of carboxylic acids is 1. The molecule has 0 saturated heterocycles. The van der Waals surface area contributed by atoms with Gasteiger partial charge in [0.05, 0.1) is 23.9 Å². The predicted octanol–water partition coefficient (Wildman–Crippen LogP) is 2.44. The number of methoxy groups -OCH3 is 1. The molecule has 8 nitrogen and oxygen atoms in total. The van der Waals surface area contributed by atoms with Gasteiger partial charge in [-0.15, -0.1) is 0 Å². The normalized spacial score (nSPS) is 9.95. The van der Waals surface area contributed by atoms with Crippen LogP contribution in [0.15, 0.2) is 36.5 Å². The molecule has 108 valence electrons. The van der Waals surface area contributed by atoms with Gasteiger partial charge in [0.15, 0.2) is 0 Å². The first-order chi connectivity index (χ1) is 10.0. The summed E-state index contributed by atoms with van der Waals surface area (Å²) in [5.41, 5.74) is 0.165. The first-order valence-corrected chi connectivity index (χ1v) is 5.80. The van der Waals surface area contributed by atoms with Crippen molar-refractivity contribution in [1.29, 1.82) is 0 Å². The maximum Gasteiger partial charge on any atom is 0.342 e. The monoisotopic (exact) mass is 289 g/mol. The van der Waals surface area contributed by atoms with Crippen LogP contribution in [0.25, 0.3) is 0 Å². The molecule has 1 heterocycles. The summed E-state index contributed by atoms with van der Waals surface area (Å²) in [6.45, 7) is 0. The molecule has 2 aromatic rings. The Balaban J connectivity index is 2.29. The highest BCUT2D eigenvalue weighted by atomic mass is 16.6. The average molecular weight is 289 g/mol. The van der Waals surface area contributed by atoms with Crippen LogP contribution in [0.4, 0.5) is 17.1 Å². The highest BCUT2D eigenvalue weighted by Crippen LogP contribution is 2.25. The van der Waals surface area contributed by atoms with Gasteiger partial charge in [0.25, 0.3) is 5.69 Å². The molecule has 21 heavy (non-hydrogen) atoms. The Bertz CT molecular complexity index is 685. The molecule has 0 unspecified atom stereocenters. The van der Waals surface area contributed by atoms with Crippen LogP contribution >= 0.6 is 0 Å². The molecule has 0 spiro atoms. The lowest BCUT2D eigenvalue weighted by Crippen LogP contribution is -2.03. The van der Waals surface area contributed by atoms with Gasteiger partial charge in [-0.05, 0) is 18.2 Å². The van der Waals surface area contributed by atoms with E-state index in [-0.39, 0.29) is 5.56 Å². The fourth-order valence-corrected chi connectivity index (χ4v) is 1.69. The van der Waals surface area contributed by atoms with Gasteiger partial charge < -0.3 is 15.2 Å². The van der Waals surface area contributed by atoms with Crippen molar-refractivity contribution in [2.75, 3.05) is 12.4 Å². The molecule has 2 rings (SSSR count). The lowest BCUT2D eigenvalue weighted by atomic mass is 10.1. The van der Waals surface area contributed by atoms with Crippen molar-refractivity contribution in [3.8, 4) is 5.88 Å². The van der Waals surface area contributed by atoms with Crippen molar-refractivity contribution in [3.05, 3.63) is 52.2 Å². The summed E-state index contributed by atoms with van der Waals surface area (Å²) < 4.78 is 4.92. The van der Waals surface area contributed by atoms with E-state index in [0.29, 0.717) is 17.3 Å². The Kier molecular flexibility index (Phi) is 3.98. The van der Waals surface area contributed by atoms with E-state index in [1.54, 1.807) is 12.1 Å². The second-order valence-corrected chi connectivity index (χ2v) is 4.01. The molecule has 0 atom stereocenters. The Hall–Kier alpha value is -3.16. The summed E-state index contributed by atoms with van der Waals surface area (Å²) in [4.78, 5) is 25.1. The Labute approximate surface area is 119 Å². The third-order valence-electron chi connectivity index (χ3n) is 2.66. The minimum Gasteiger partial charge on any atom is -0.481 e. The van der Waals surface area contributed by atoms with E-state index >= 15 is 0 Å². The summed E-state index contributed by atoms with van der Waals surface area (Å²) in [5.74, 6) is -0.923. The van der Waals surface area contributed by atoms with Gasteiger partial charge in [-0.2, -0.15) is 0 Å². The standard InChI is InChI=1S/C13H11N3O5/c1-21-12-5-3-9(7-14-12)15-8-2-4-11(16(19)20)10(6-8)13(17)18/h2-7,15H,1H3,(H,17,18). The van der Waals surface area contributed by atoms with Crippen LogP contribution in [-0.2, 0) is 0 Å². The first-order valence-electron chi connectivity index (χ1n) is 5.80. The van der Waals surface area contributed by atoms with Gasteiger partial charge >= 0.3 is 5.97 Å². The number of benzene rings is 1. The summed E-state index contributed by atoms with van der Waals surface area (Å²) >= 11 is 0. The summed E-state index contributed by atoms with van der Waals surface area (Å²) in [5, 5.41) is 22.7. The van der Waals surface area contributed by atoms with E-state index in [9.17, 15) is 14.9 Å². The maximum absolute atomic E-state index is 11.1. The molecular weight excluding hydrogens is 278 g/mol. The van der Waals surface area contributed by atoms with Crippen LogP contribution in [0.5, 0.6) is 5.88 Å². The molecule has 0 amide bonds. The molecule has 0 saturated carbocycles. The molecule has 0 aliphatic heterocycles. The maximum atomic E-state index is 11.1. The number of nitro groups is 1. The third-order valence-corrected chi connectivity index (χ3v) is 2.66. The molecule has 2 N–H and O–H groups in total. The largest absolute Gasteiger partial charge is 0.481 e. The Morgan fingerprint density at radius 2 is 2.05 bits per heavy atom. The number of hydrogen-bond acceptors (Lipinski definition) is 6. The summed E-state index contributed by atoms with van der Waals surface area (Å²) in [6.07, 6.45) is 1.50. The number of aromatic carboxylic acids is 1. The number of aromatic nitrogens is 1. The van der Waals surface area contributed by atoms with Gasteiger partial charge in [-0.25, -0.2) is 9.78 Å². The SMILES string of the molecule is COc1ccc(Nc2ccc([N+](=O)[O-])c(C(=O)O)c2)cn1. The fraction of sp³-hybridized carbons (Fsp3) is 0.0769. The molecule has 0 aliphatic rings. The summed E-state index contributed by atoms with van der Waals surface area (Å²) in [7, 11) is 1.49. The molecule has 1 aromatic carbocycles. The minimum absolute atomic E-state index is 0.383. The van der Waals surface area contributed by atoms with Crippen LogP contribution in [0.2, 0.25) is 0 Å². The molecule has 0 aliphatic carbocycles. The number of nitrogens with one attached hydrogen (secondary N) is 1. The average Bonchev–Trinajstić information content (AvgIpc) is 2.47. The third kappa shape index (κ3) is 3.24. The number of pyridine rings is 1. The Morgan fingerprint density at radius 1 is 1.33 bits per heavy atom. The van der Waals surface area contributed by atoms with Crippen LogP contribution in [0.3, 0.4) is 0 Å². The van der Waals surface area contributed by atoms with Crippen molar-refractivity contribution in [2.45, 2.75) is 0 Å². The number of rotatable bonds is 5. The van der Waals surface area contributed by atoms with Crippen LogP contribution in [0, 0.1) is 10.1 Å². The number of ether oxygens (including phenoxy) is 1. The minimum atomic E-state index is -1.36. The van der Waals surface area contributed by atoms with Gasteiger partial charge in [0, 0.05) is 17.8 Å². The van der Waals surface area contributed by atoms with Gasteiger partial charge in [0.1, 0.15) is 5.56 Å². The van der Waals surface area contributed by atoms with Gasteiger partial charge in [0.2, 0.25) is 5.88 Å². The van der Waals surface area contributed by atoms with Gasteiger partial charge in [-0.1, -0.05) is 0 Å². The van der Waals surface area contributed by atoms with Crippen molar-refractivity contribution < 1.29 is 19.6 Å². The number of carboxylic acid groups (broad SMARTS) is 1. The second kappa shape index (κ2) is 5.87. The number of hydrogen-bond donors (Lipinski definition) is 2. The van der Waals surface area contributed by atoms with E-state index in [1.807, 2.05) is 0 Å². The summed E-state index contributed by atoms with van der Waals surface area (Å²) in [6, 6.07) is 7.09. The number of nitro benzene ring substituents is 1. The highest BCUT2D eigenvalue weighted by Gasteiger charge is 2.19. The zero-order valence-corrected chi connectivity index (χ0v) is 10.9. The van der Waals surface area contributed by atoms with E-state index < -0.39 is 16.6 Å². The molecule has 1 aromatic heterocycles. The zero-order valence-electron chi connectivity index (χ0n) is 10.9. The Morgan fingerprint density at radius 3 is 2.57 bits per heavy atom. The van der Waals surface area contributed by atoms with Crippen molar-refractivity contribution in [3.63, 3.8) is 0 Å². The fourth-order valence-electron chi connectivity index (χ4n) is 1.69. The zero-order chi connectivity index (χ0) is 15.4. The lowest BCUT2D eigenvalue weighted by Gasteiger charge is -2.07. The van der Waals surface area contributed by atoms with E-state index in [0.717, 1.165) is 6.07 Å². The van der Waals surface area contributed by atoms with Crippen molar-refractivity contribution in [2.24, 2.45) is 0 Å². The second-order valence-electron chi connectivity index (χ2n) is 4.01.